The summed E-state index contributed by atoms with van der Waals surface area (Å²) in [5.41, 5.74) is 1.67. The molecule has 2 aliphatic heterocycles. The molecule has 7 heteroatoms. The average molecular weight is 442 g/mol. The van der Waals surface area contributed by atoms with Crippen LogP contribution in [0, 0.1) is 11.8 Å². The minimum Gasteiger partial charge on any atom is -0.362 e. The summed E-state index contributed by atoms with van der Waals surface area (Å²) in [6.45, 7) is 9.83. The first-order chi connectivity index (χ1) is 15.0. The van der Waals surface area contributed by atoms with Crippen LogP contribution in [0.4, 0.5) is 5.69 Å². The normalized spacial score (nSPS) is 22.0. The van der Waals surface area contributed by atoms with Gasteiger partial charge in [0.2, 0.25) is 0 Å². The molecule has 0 spiro atoms. The molecule has 1 aromatic heterocycles. The summed E-state index contributed by atoms with van der Waals surface area (Å²) in [5.74, 6) is 2.51. The van der Waals surface area contributed by atoms with Gasteiger partial charge >= 0.3 is 0 Å². The number of aromatic nitrogens is 2. The Morgan fingerprint density at radius 1 is 1.19 bits per heavy atom. The van der Waals surface area contributed by atoms with Crippen molar-refractivity contribution in [1.29, 1.82) is 0 Å². The fraction of sp³-hybridized carbons (Fsp3) is 0.625. The fourth-order valence-corrected chi connectivity index (χ4v) is 5.37. The molecule has 31 heavy (non-hydrogen) atoms. The predicted octanol–water partition coefficient (Wildman–Crippen LogP) is 3.78. The maximum atomic E-state index is 13.0. The quantitative estimate of drug-likeness (QED) is 0.544. The molecule has 2 unspecified atom stereocenters. The molecule has 0 bridgehead atoms. The van der Waals surface area contributed by atoms with Crippen LogP contribution in [0.2, 0.25) is 0 Å². The van der Waals surface area contributed by atoms with Crippen molar-refractivity contribution in [3.8, 4) is 0 Å². The van der Waals surface area contributed by atoms with Crippen LogP contribution >= 0.6 is 12.2 Å². The van der Waals surface area contributed by atoms with E-state index in [-0.39, 0.29) is 5.56 Å². The molecular weight excluding hydrogens is 406 g/mol. The van der Waals surface area contributed by atoms with E-state index in [1.54, 1.807) is 0 Å². The third-order valence-electron chi connectivity index (χ3n) is 6.45. The summed E-state index contributed by atoms with van der Waals surface area (Å²) < 4.78 is 1.86. The van der Waals surface area contributed by atoms with Gasteiger partial charge in [0.25, 0.3) is 5.56 Å². The number of likely N-dealkylation sites (tertiary alicyclic amines) is 1. The van der Waals surface area contributed by atoms with Crippen molar-refractivity contribution in [2.24, 2.45) is 11.8 Å². The van der Waals surface area contributed by atoms with Crippen LogP contribution in [0.1, 0.15) is 51.8 Å². The Balaban J connectivity index is 1.32. The third kappa shape index (κ3) is 5.63. The van der Waals surface area contributed by atoms with Crippen molar-refractivity contribution >= 4 is 33.9 Å². The van der Waals surface area contributed by atoms with Gasteiger partial charge in [0.05, 0.1) is 10.9 Å². The lowest BCUT2D eigenvalue weighted by molar-refractivity contribution is 0.140. The molecule has 3 heterocycles. The molecular formula is C24H35N5OS. The maximum Gasteiger partial charge on any atom is 0.261 e. The zero-order valence-corrected chi connectivity index (χ0v) is 19.6. The summed E-state index contributed by atoms with van der Waals surface area (Å²) >= 11 is 5.48. The summed E-state index contributed by atoms with van der Waals surface area (Å²) in [4.78, 5) is 20.3. The molecule has 4 rings (SSSR count). The van der Waals surface area contributed by atoms with Gasteiger partial charge in [-0.2, -0.15) is 0 Å². The summed E-state index contributed by atoms with van der Waals surface area (Å²) in [6.07, 6.45) is 6.59. The highest BCUT2D eigenvalue weighted by atomic mass is 32.1. The van der Waals surface area contributed by atoms with Gasteiger partial charge in [-0.25, -0.2) is 4.98 Å². The molecule has 2 N–H and O–H groups in total. The van der Waals surface area contributed by atoms with Crippen LogP contribution < -0.4 is 16.2 Å². The van der Waals surface area contributed by atoms with Crippen molar-refractivity contribution in [2.45, 2.75) is 58.9 Å². The lowest BCUT2D eigenvalue weighted by Crippen LogP contribution is -2.40. The molecule has 0 saturated carbocycles. The van der Waals surface area contributed by atoms with Gasteiger partial charge in [0, 0.05) is 38.3 Å². The van der Waals surface area contributed by atoms with E-state index < -0.39 is 0 Å². The lowest BCUT2D eigenvalue weighted by Gasteiger charge is -2.35. The molecule has 1 saturated heterocycles. The molecule has 0 aliphatic carbocycles. The molecule has 1 aromatic carbocycles. The Labute approximate surface area is 190 Å². The number of piperidine rings is 1. The number of aryl methyl sites for hydroxylation is 1. The van der Waals surface area contributed by atoms with E-state index >= 15 is 0 Å². The van der Waals surface area contributed by atoms with Crippen molar-refractivity contribution in [1.82, 2.24) is 19.8 Å². The second-order valence-electron chi connectivity index (χ2n) is 9.47. The topological polar surface area (TPSA) is 62.2 Å². The Bertz CT molecular complexity index is 978. The van der Waals surface area contributed by atoms with Crippen LogP contribution in [0.5, 0.6) is 0 Å². The lowest BCUT2D eigenvalue weighted by atomic mass is 9.92. The van der Waals surface area contributed by atoms with E-state index in [0.717, 1.165) is 80.6 Å². The fourth-order valence-electron chi connectivity index (χ4n) is 5.15. The zero-order chi connectivity index (χ0) is 21.8. The summed E-state index contributed by atoms with van der Waals surface area (Å²) in [7, 11) is 0. The number of fused-ring (bicyclic) bond motifs is 2. The van der Waals surface area contributed by atoms with E-state index in [2.05, 4.69) is 29.4 Å². The predicted molar refractivity (Wildman–Crippen MR) is 132 cm³/mol. The molecule has 0 amide bonds. The first kappa shape index (κ1) is 22.2. The summed E-state index contributed by atoms with van der Waals surface area (Å²) in [5, 5.41) is 7.80. The van der Waals surface area contributed by atoms with E-state index in [4.69, 9.17) is 17.2 Å². The zero-order valence-electron chi connectivity index (χ0n) is 18.8. The average Bonchev–Trinajstić information content (AvgIpc) is 2.97. The highest BCUT2D eigenvalue weighted by Crippen LogP contribution is 2.21. The van der Waals surface area contributed by atoms with Crippen molar-refractivity contribution < 1.29 is 0 Å². The van der Waals surface area contributed by atoms with Crippen LogP contribution in [-0.4, -0.2) is 45.7 Å². The number of nitrogens with one attached hydrogen (secondary N) is 2. The van der Waals surface area contributed by atoms with Gasteiger partial charge in [-0.3, -0.25) is 9.36 Å². The van der Waals surface area contributed by atoms with Crippen LogP contribution in [0.25, 0.3) is 10.9 Å². The smallest absolute Gasteiger partial charge is 0.261 e. The van der Waals surface area contributed by atoms with Crippen LogP contribution in [0.3, 0.4) is 0 Å². The van der Waals surface area contributed by atoms with Crippen LogP contribution in [-0.2, 0) is 13.0 Å². The van der Waals surface area contributed by atoms with E-state index in [0.29, 0.717) is 10.5 Å². The molecule has 6 nitrogen and oxygen atoms in total. The largest absolute Gasteiger partial charge is 0.362 e. The Kier molecular flexibility index (Phi) is 7.23. The van der Waals surface area contributed by atoms with Gasteiger partial charge in [-0.1, -0.05) is 20.3 Å². The molecule has 2 aromatic rings. The highest BCUT2D eigenvalue weighted by molar-refractivity contribution is 7.80. The molecule has 2 aliphatic rings. The number of hydrogen-bond donors (Lipinski definition) is 2. The van der Waals surface area contributed by atoms with Gasteiger partial charge in [0.15, 0.2) is 5.11 Å². The van der Waals surface area contributed by atoms with E-state index in [1.165, 1.54) is 19.5 Å². The van der Waals surface area contributed by atoms with Crippen LogP contribution in [0.15, 0.2) is 23.0 Å². The number of hydrogen-bond acceptors (Lipinski definition) is 4. The van der Waals surface area contributed by atoms with Crippen molar-refractivity contribution in [3.63, 3.8) is 0 Å². The molecule has 0 radical (unpaired) electrons. The maximum absolute atomic E-state index is 13.0. The molecule has 168 valence electrons. The number of thiocarbonyl (C=S) groups is 1. The van der Waals surface area contributed by atoms with E-state index in [9.17, 15) is 4.79 Å². The first-order valence-corrected chi connectivity index (χ1v) is 12.2. The second-order valence-corrected chi connectivity index (χ2v) is 9.88. The van der Waals surface area contributed by atoms with Gasteiger partial charge < -0.3 is 15.5 Å². The number of nitrogens with zero attached hydrogens (tertiary/aromatic N) is 3. The van der Waals surface area contributed by atoms with Gasteiger partial charge in [-0.05, 0) is 74.5 Å². The monoisotopic (exact) mass is 441 g/mol. The van der Waals surface area contributed by atoms with Crippen molar-refractivity contribution in [3.05, 3.63) is 34.4 Å². The number of rotatable bonds is 5. The van der Waals surface area contributed by atoms with Crippen molar-refractivity contribution in [2.75, 3.05) is 31.5 Å². The Morgan fingerprint density at radius 3 is 2.81 bits per heavy atom. The third-order valence-corrected chi connectivity index (χ3v) is 6.70. The Hall–Kier alpha value is -1.99. The number of benzene rings is 1. The summed E-state index contributed by atoms with van der Waals surface area (Å²) in [6, 6.07) is 5.76. The second kappa shape index (κ2) is 10.1. The standard InChI is InChI=1S/C24H35N5OS/c1-17-13-18(2)16-28(15-17)11-6-10-25-24(31)26-19-8-9-21-20(14-19)23(30)29-12-5-3-4-7-22(29)27-21/h8-9,14,17-18H,3-7,10-13,15-16H2,1-2H3,(H2,25,26,31). The van der Waals surface area contributed by atoms with E-state index in [1.807, 2.05) is 22.8 Å². The molecule has 1 fully saturated rings. The highest BCUT2D eigenvalue weighted by Gasteiger charge is 2.21. The minimum absolute atomic E-state index is 0.0643. The van der Waals surface area contributed by atoms with Gasteiger partial charge in [0.1, 0.15) is 5.82 Å². The molecule has 2 atom stereocenters. The minimum atomic E-state index is 0.0643. The Morgan fingerprint density at radius 2 is 2.00 bits per heavy atom. The SMILES string of the molecule is CC1CC(C)CN(CCCNC(=S)Nc2ccc3nc4n(c(=O)c3c2)CCCCC4)C1. The first-order valence-electron chi connectivity index (χ1n) is 11.8. The number of anilines is 1. The van der Waals surface area contributed by atoms with Gasteiger partial charge in [-0.15, -0.1) is 0 Å².